The molecule has 1 aromatic carbocycles. The van der Waals surface area contributed by atoms with Crippen molar-refractivity contribution in [2.45, 2.75) is 25.4 Å². The fourth-order valence-corrected chi connectivity index (χ4v) is 1.27. The SMILES string of the molecule is CCC(O)(c1ccccc1F)C(F)F. The van der Waals surface area contributed by atoms with Crippen molar-refractivity contribution >= 4 is 0 Å². The minimum Gasteiger partial charge on any atom is -0.379 e. The molecule has 0 aliphatic carbocycles. The van der Waals surface area contributed by atoms with Crippen LogP contribution < -0.4 is 0 Å². The number of benzene rings is 1. The van der Waals surface area contributed by atoms with Crippen molar-refractivity contribution in [1.82, 2.24) is 0 Å². The van der Waals surface area contributed by atoms with Crippen molar-refractivity contribution in [1.29, 1.82) is 0 Å². The predicted molar refractivity (Wildman–Crippen MR) is 46.6 cm³/mol. The van der Waals surface area contributed by atoms with Crippen LogP contribution in [0.25, 0.3) is 0 Å². The number of hydrogen-bond acceptors (Lipinski definition) is 1. The standard InChI is InChI=1S/C10H11F3O/c1-2-10(14,9(12)13)7-5-3-4-6-8(7)11/h3-6,9,14H,2H2,1H3. The van der Waals surface area contributed by atoms with Crippen LogP contribution in [0.4, 0.5) is 13.2 Å². The first kappa shape index (κ1) is 11.0. The Morgan fingerprint density at radius 3 is 2.36 bits per heavy atom. The molecule has 0 saturated heterocycles. The molecule has 0 fully saturated rings. The molecule has 4 heteroatoms. The van der Waals surface area contributed by atoms with Crippen LogP contribution in [0.5, 0.6) is 0 Å². The van der Waals surface area contributed by atoms with Gasteiger partial charge in [0.2, 0.25) is 0 Å². The quantitative estimate of drug-likeness (QED) is 0.802. The first-order valence-electron chi connectivity index (χ1n) is 4.28. The summed E-state index contributed by atoms with van der Waals surface area (Å²) in [5.74, 6) is -0.808. The van der Waals surface area contributed by atoms with Crippen molar-refractivity contribution in [3.8, 4) is 0 Å². The predicted octanol–water partition coefficient (Wildman–Crippen LogP) is 2.69. The molecule has 1 N–H and O–H groups in total. The molecule has 1 rings (SSSR count). The van der Waals surface area contributed by atoms with Gasteiger partial charge in [-0.05, 0) is 12.5 Å². The van der Waals surface area contributed by atoms with E-state index in [0.29, 0.717) is 0 Å². The van der Waals surface area contributed by atoms with E-state index in [1.54, 1.807) is 0 Å². The van der Waals surface area contributed by atoms with E-state index in [-0.39, 0.29) is 12.0 Å². The van der Waals surface area contributed by atoms with Gasteiger partial charge >= 0.3 is 0 Å². The maximum Gasteiger partial charge on any atom is 0.271 e. The van der Waals surface area contributed by atoms with Crippen LogP contribution in [0.3, 0.4) is 0 Å². The van der Waals surface area contributed by atoms with Gasteiger partial charge in [-0.15, -0.1) is 0 Å². The lowest BCUT2D eigenvalue weighted by atomic mass is 9.91. The van der Waals surface area contributed by atoms with E-state index in [4.69, 9.17) is 0 Å². The van der Waals surface area contributed by atoms with E-state index in [1.165, 1.54) is 25.1 Å². The normalized spacial score (nSPS) is 15.6. The van der Waals surface area contributed by atoms with Gasteiger partial charge in [0, 0.05) is 5.56 Å². The Morgan fingerprint density at radius 1 is 1.36 bits per heavy atom. The average molecular weight is 204 g/mol. The molecule has 1 unspecified atom stereocenters. The Kier molecular flexibility index (Phi) is 3.16. The summed E-state index contributed by atoms with van der Waals surface area (Å²) < 4.78 is 38.2. The van der Waals surface area contributed by atoms with Crippen molar-refractivity contribution < 1.29 is 18.3 Å². The Labute approximate surface area is 80.2 Å². The lowest BCUT2D eigenvalue weighted by molar-refractivity contribution is -0.106. The highest BCUT2D eigenvalue weighted by molar-refractivity contribution is 5.24. The van der Waals surface area contributed by atoms with Crippen LogP contribution in [0.1, 0.15) is 18.9 Å². The molecule has 0 amide bonds. The monoisotopic (exact) mass is 204 g/mol. The fraction of sp³-hybridized carbons (Fsp3) is 0.400. The summed E-state index contributed by atoms with van der Waals surface area (Å²) in [5.41, 5.74) is -2.73. The molecule has 0 saturated carbocycles. The maximum atomic E-state index is 13.1. The minimum atomic E-state index is -3.00. The van der Waals surface area contributed by atoms with E-state index < -0.39 is 17.8 Å². The van der Waals surface area contributed by atoms with Crippen molar-refractivity contribution in [3.05, 3.63) is 35.6 Å². The highest BCUT2D eigenvalue weighted by Gasteiger charge is 2.39. The number of aliphatic hydroxyl groups is 1. The van der Waals surface area contributed by atoms with Crippen molar-refractivity contribution in [2.75, 3.05) is 0 Å². The van der Waals surface area contributed by atoms with Crippen LogP contribution in [-0.2, 0) is 5.60 Å². The van der Waals surface area contributed by atoms with Gasteiger partial charge in [0.25, 0.3) is 6.43 Å². The second-order valence-electron chi connectivity index (χ2n) is 3.06. The summed E-state index contributed by atoms with van der Waals surface area (Å²) in [4.78, 5) is 0. The Bertz CT molecular complexity index is 314. The molecular weight excluding hydrogens is 193 g/mol. The van der Waals surface area contributed by atoms with Crippen LogP contribution in [0.2, 0.25) is 0 Å². The van der Waals surface area contributed by atoms with Crippen LogP contribution in [0, 0.1) is 5.82 Å². The Balaban J connectivity index is 3.19. The van der Waals surface area contributed by atoms with Crippen LogP contribution >= 0.6 is 0 Å². The molecule has 0 radical (unpaired) electrons. The third-order valence-corrected chi connectivity index (χ3v) is 2.24. The number of alkyl halides is 2. The molecule has 1 aromatic rings. The molecule has 0 bridgehead atoms. The molecule has 0 aliphatic rings. The van der Waals surface area contributed by atoms with Crippen molar-refractivity contribution in [2.24, 2.45) is 0 Å². The molecule has 0 aliphatic heterocycles. The molecule has 78 valence electrons. The topological polar surface area (TPSA) is 20.2 Å². The second kappa shape index (κ2) is 4.00. The van der Waals surface area contributed by atoms with E-state index in [9.17, 15) is 18.3 Å². The first-order valence-corrected chi connectivity index (χ1v) is 4.28. The molecule has 0 heterocycles. The van der Waals surface area contributed by atoms with E-state index in [2.05, 4.69) is 0 Å². The lowest BCUT2D eigenvalue weighted by Gasteiger charge is -2.26. The molecule has 14 heavy (non-hydrogen) atoms. The number of halogens is 3. The summed E-state index contributed by atoms with van der Waals surface area (Å²) in [5, 5.41) is 9.56. The first-order chi connectivity index (χ1) is 6.52. The minimum absolute atomic E-state index is 0.231. The fourth-order valence-electron chi connectivity index (χ4n) is 1.27. The zero-order valence-electron chi connectivity index (χ0n) is 7.67. The summed E-state index contributed by atoms with van der Waals surface area (Å²) in [6.07, 6.45) is -3.23. The molecule has 1 nitrogen and oxygen atoms in total. The van der Waals surface area contributed by atoms with Crippen molar-refractivity contribution in [3.63, 3.8) is 0 Å². The zero-order chi connectivity index (χ0) is 10.8. The van der Waals surface area contributed by atoms with Gasteiger partial charge in [-0.25, -0.2) is 13.2 Å². The Morgan fingerprint density at radius 2 is 1.93 bits per heavy atom. The molecule has 0 aromatic heterocycles. The van der Waals surface area contributed by atoms with E-state index >= 15 is 0 Å². The molecule has 1 atom stereocenters. The summed E-state index contributed by atoms with van der Waals surface area (Å²) in [6, 6.07) is 5.03. The van der Waals surface area contributed by atoms with Gasteiger partial charge in [-0.1, -0.05) is 25.1 Å². The molecular formula is C10H11F3O. The second-order valence-corrected chi connectivity index (χ2v) is 3.06. The summed E-state index contributed by atoms with van der Waals surface area (Å²) in [7, 11) is 0. The van der Waals surface area contributed by atoms with E-state index in [0.717, 1.165) is 6.07 Å². The van der Waals surface area contributed by atoms with Gasteiger partial charge in [0.05, 0.1) is 0 Å². The maximum absolute atomic E-state index is 13.1. The molecule has 0 spiro atoms. The zero-order valence-corrected chi connectivity index (χ0v) is 7.67. The highest BCUT2D eigenvalue weighted by atomic mass is 19.3. The largest absolute Gasteiger partial charge is 0.379 e. The third kappa shape index (κ3) is 1.75. The van der Waals surface area contributed by atoms with Gasteiger partial charge < -0.3 is 5.11 Å². The van der Waals surface area contributed by atoms with Gasteiger partial charge in [-0.3, -0.25) is 0 Å². The summed E-state index contributed by atoms with van der Waals surface area (Å²) >= 11 is 0. The number of hydrogen-bond donors (Lipinski definition) is 1. The Hall–Kier alpha value is -1.03. The summed E-state index contributed by atoms with van der Waals surface area (Å²) in [6.45, 7) is 1.39. The van der Waals surface area contributed by atoms with Crippen LogP contribution in [0.15, 0.2) is 24.3 Å². The van der Waals surface area contributed by atoms with Gasteiger partial charge in [0.1, 0.15) is 5.82 Å². The number of rotatable bonds is 3. The van der Waals surface area contributed by atoms with Gasteiger partial charge in [0.15, 0.2) is 5.60 Å². The smallest absolute Gasteiger partial charge is 0.271 e. The lowest BCUT2D eigenvalue weighted by Crippen LogP contribution is -2.34. The van der Waals surface area contributed by atoms with Crippen LogP contribution in [-0.4, -0.2) is 11.5 Å². The third-order valence-electron chi connectivity index (χ3n) is 2.24. The van der Waals surface area contributed by atoms with E-state index in [1.807, 2.05) is 0 Å². The highest BCUT2D eigenvalue weighted by Crippen LogP contribution is 2.32. The van der Waals surface area contributed by atoms with Gasteiger partial charge in [-0.2, -0.15) is 0 Å². The average Bonchev–Trinajstić information content (AvgIpc) is 2.17.